The van der Waals surface area contributed by atoms with Gasteiger partial charge in [-0.25, -0.2) is 9.78 Å². The molecule has 1 aromatic heterocycles. The lowest BCUT2D eigenvalue weighted by Gasteiger charge is -2.08. The number of carbonyl (C=O) groups excluding carboxylic acids is 1. The molecule has 8 heteroatoms. The van der Waals surface area contributed by atoms with Gasteiger partial charge in [0.15, 0.2) is 6.61 Å². The first-order valence-electron chi connectivity index (χ1n) is 4.33. The highest BCUT2D eigenvalue weighted by atomic mass is 32.1. The molecule has 1 heterocycles. The minimum atomic E-state index is -4.49. The van der Waals surface area contributed by atoms with Gasteiger partial charge in [0.1, 0.15) is 0 Å². The number of thiazole rings is 1. The van der Waals surface area contributed by atoms with Crippen molar-refractivity contribution in [2.24, 2.45) is 0 Å². The molecule has 4 nitrogen and oxygen atoms in total. The quantitative estimate of drug-likeness (QED) is 0.893. The van der Waals surface area contributed by atoms with Crippen LogP contribution in [0.15, 0.2) is 11.6 Å². The maximum absolute atomic E-state index is 11.6. The van der Waals surface area contributed by atoms with Crippen molar-refractivity contribution < 1.29 is 22.7 Å². The summed E-state index contributed by atoms with van der Waals surface area (Å²) in [5.74, 6) is 0. The Balaban J connectivity index is 2.11. The highest BCUT2D eigenvalue weighted by molar-refractivity contribution is 7.09. The number of halogens is 3. The molecule has 0 fully saturated rings. The molecule has 90 valence electrons. The molecule has 1 rings (SSSR count). The molecule has 0 atom stereocenters. The summed E-state index contributed by atoms with van der Waals surface area (Å²) < 4.78 is 38.9. The summed E-state index contributed by atoms with van der Waals surface area (Å²) in [5, 5.41) is 4.78. The number of carbonyl (C=O) groups is 1. The molecule has 0 aliphatic rings. The third-order valence-electron chi connectivity index (χ3n) is 1.46. The largest absolute Gasteiger partial charge is 0.440 e. The Kier molecular flexibility index (Phi) is 4.53. The second kappa shape index (κ2) is 5.69. The summed E-state index contributed by atoms with van der Waals surface area (Å²) in [5.41, 5.74) is 0. The molecular formula is C8H9F3N2O2S. The van der Waals surface area contributed by atoms with E-state index in [9.17, 15) is 18.0 Å². The van der Waals surface area contributed by atoms with Crippen molar-refractivity contribution in [2.75, 3.05) is 13.2 Å². The standard InChI is InChI=1S/C8H9F3N2O2S/c9-8(10,11)5-15-7(14)13-2-1-6-12-3-4-16-6/h3-4H,1-2,5H2,(H,13,14). The van der Waals surface area contributed by atoms with Crippen LogP contribution in [0, 0.1) is 0 Å². The molecule has 0 unspecified atom stereocenters. The topological polar surface area (TPSA) is 51.2 Å². The Morgan fingerprint density at radius 2 is 2.31 bits per heavy atom. The molecule has 0 bridgehead atoms. The van der Waals surface area contributed by atoms with Gasteiger partial charge in [-0.15, -0.1) is 11.3 Å². The van der Waals surface area contributed by atoms with Crippen molar-refractivity contribution in [3.8, 4) is 0 Å². The minimum absolute atomic E-state index is 0.199. The van der Waals surface area contributed by atoms with Gasteiger partial charge in [0.25, 0.3) is 0 Å². The highest BCUT2D eigenvalue weighted by Gasteiger charge is 2.29. The van der Waals surface area contributed by atoms with Gasteiger partial charge in [-0.2, -0.15) is 13.2 Å². The molecule has 0 aliphatic carbocycles. The summed E-state index contributed by atoms with van der Waals surface area (Å²) in [6, 6.07) is 0. The lowest BCUT2D eigenvalue weighted by atomic mass is 10.4. The van der Waals surface area contributed by atoms with Gasteiger partial charge in [0, 0.05) is 24.5 Å². The molecule has 0 radical (unpaired) electrons. The minimum Gasteiger partial charge on any atom is -0.440 e. The van der Waals surface area contributed by atoms with Gasteiger partial charge >= 0.3 is 12.3 Å². The second-order valence-corrected chi connectivity index (χ2v) is 3.77. The van der Waals surface area contributed by atoms with E-state index in [0.717, 1.165) is 5.01 Å². The van der Waals surface area contributed by atoms with E-state index in [4.69, 9.17) is 0 Å². The fraction of sp³-hybridized carbons (Fsp3) is 0.500. The van der Waals surface area contributed by atoms with E-state index in [1.54, 1.807) is 11.6 Å². The van der Waals surface area contributed by atoms with Gasteiger partial charge in [0.05, 0.1) is 5.01 Å². The maximum atomic E-state index is 11.6. The lowest BCUT2D eigenvalue weighted by molar-refractivity contribution is -0.160. The zero-order valence-corrected chi connectivity index (χ0v) is 8.90. The number of aromatic nitrogens is 1. The monoisotopic (exact) mass is 254 g/mol. The first-order chi connectivity index (χ1) is 7.47. The van der Waals surface area contributed by atoms with Crippen LogP contribution >= 0.6 is 11.3 Å². The van der Waals surface area contributed by atoms with Gasteiger partial charge in [-0.3, -0.25) is 0 Å². The van der Waals surface area contributed by atoms with E-state index in [-0.39, 0.29) is 6.54 Å². The molecule has 1 aromatic rings. The summed E-state index contributed by atoms with van der Waals surface area (Å²) in [4.78, 5) is 14.7. The average molecular weight is 254 g/mol. The molecule has 0 saturated carbocycles. The molecule has 1 N–H and O–H groups in total. The summed E-state index contributed by atoms with van der Waals surface area (Å²) in [6.45, 7) is -1.37. The third-order valence-corrected chi connectivity index (χ3v) is 2.30. The lowest BCUT2D eigenvalue weighted by Crippen LogP contribution is -2.30. The number of hydrogen-bond donors (Lipinski definition) is 1. The van der Waals surface area contributed by atoms with Crippen LogP contribution in [-0.2, 0) is 11.2 Å². The normalized spacial score (nSPS) is 11.2. The number of rotatable bonds is 4. The summed E-state index contributed by atoms with van der Waals surface area (Å²) in [7, 11) is 0. The smallest absolute Gasteiger partial charge is 0.422 e. The van der Waals surface area contributed by atoms with Gasteiger partial charge in [-0.1, -0.05) is 0 Å². The van der Waals surface area contributed by atoms with Crippen molar-refractivity contribution in [2.45, 2.75) is 12.6 Å². The van der Waals surface area contributed by atoms with Crippen molar-refractivity contribution in [3.63, 3.8) is 0 Å². The van der Waals surface area contributed by atoms with E-state index < -0.39 is 18.9 Å². The van der Waals surface area contributed by atoms with Crippen LogP contribution in [0.25, 0.3) is 0 Å². The Labute approximate surface area is 93.4 Å². The fourth-order valence-corrected chi connectivity index (χ4v) is 1.47. The van der Waals surface area contributed by atoms with Crippen LogP contribution in [0.2, 0.25) is 0 Å². The number of nitrogens with zero attached hydrogens (tertiary/aromatic N) is 1. The van der Waals surface area contributed by atoms with Gasteiger partial charge in [-0.05, 0) is 0 Å². The van der Waals surface area contributed by atoms with E-state index in [0.29, 0.717) is 6.42 Å². The predicted molar refractivity (Wildman–Crippen MR) is 51.2 cm³/mol. The SMILES string of the molecule is O=C(NCCc1nccs1)OCC(F)(F)F. The summed E-state index contributed by atoms with van der Waals surface area (Å²) >= 11 is 1.41. The molecule has 1 amide bonds. The number of ether oxygens (including phenoxy) is 1. The maximum Gasteiger partial charge on any atom is 0.422 e. The fourth-order valence-electron chi connectivity index (χ4n) is 0.846. The number of nitrogens with one attached hydrogen (secondary N) is 1. The van der Waals surface area contributed by atoms with Crippen molar-refractivity contribution in [3.05, 3.63) is 16.6 Å². The Morgan fingerprint density at radius 3 is 2.88 bits per heavy atom. The zero-order chi connectivity index (χ0) is 12.0. The van der Waals surface area contributed by atoms with Crippen LogP contribution in [0.3, 0.4) is 0 Å². The average Bonchev–Trinajstić information content (AvgIpc) is 2.66. The number of amides is 1. The van der Waals surface area contributed by atoms with E-state index in [2.05, 4.69) is 15.0 Å². The first-order valence-corrected chi connectivity index (χ1v) is 5.21. The Bertz CT molecular complexity index is 327. The Morgan fingerprint density at radius 1 is 1.56 bits per heavy atom. The molecule has 0 saturated heterocycles. The van der Waals surface area contributed by atoms with E-state index in [1.807, 2.05) is 0 Å². The Hall–Kier alpha value is -1.31. The van der Waals surface area contributed by atoms with Crippen LogP contribution in [0.4, 0.5) is 18.0 Å². The number of hydrogen-bond acceptors (Lipinski definition) is 4. The van der Waals surface area contributed by atoms with Crippen molar-refractivity contribution in [1.82, 2.24) is 10.3 Å². The van der Waals surface area contributed by atoms with E-state index >= 15 is 0 Å². The third kappa shape index (κ3) is 5.54. The van der Waals surface area contributed by atoms with Crippen LogP contribution in [0.1, 0.15) is 5.01 Å². The van der Waals surface area contributed by atoms with Gasteiger partial charge in [0.2, 0.25) is 0 Å². The molecule has 0 aliphatic heterocycles. The van der Waals surface area contributed by atoms with Crippen LogP contribution < -0.4 is 5.32 Å². The molecule has 0 spiro atoms. The zero-order valence-electron chi connectivity index (χ0n) is 8.08. The highest BCUT2D eigenvalue weighted by Crippen LogP contribution is 2.14. The van der Waals surface area contributed by atoms with Crippen molar-refractivity contribution >= 4 is 17.4 Å². The molecule has 16 heavy (non-hydrogen) atoms. The predicted octanol–water partition coefficient (Wildman–Crippen LogP) is 1.97. The van der Waals surface area contributed by atoms with E-state index in [1.165, 1.54) is 11.3 Å². The van der Waals surface area contributed by atoms with Crippen molar-refractivity contribution in [1.29, 1.82) is 0 Å². The van der Waals surface area contributed by atoms with Crippen LogP contribution in [-0.4, -0.2) is 30.4 Å². The van der Waals surface area contributed by atoms with Gasteiger partial charge < -0.3 is 10.1 Å². The molecule has 0 aromatic carbocycles. The first kappa shape index (κ1) is 12.8. The number of alkyl halides is 3. The van der Waals surface area contributed by atoms with Crippen LogP contribution in [0.5, 0.6) is 0 Å². The number of alkyl carbamates (subject to hydrolysis) is 1. The second-order valence-electron chi connectivity index (χ2n) is 2.79. The summed E-state index contributed by atoms with van der Waals surface area (Å²) in [6.07, 6.45) is -3.48. The molecular weight excluding hydrogens is 245 g/mol.